The molecule has 9 heteroatoms. The van der Waals surface area contributed by atoms with E-state index in [1.807, 2.05) is 26.8 Å². The van der Waals surface area contributed by atoms with Gasteiger partial charge in [0.15, 0.2) is 0 Å². The number of nitrogens with one attached hydrogen (secondary N) is 1. The molecule has 2 amide bonds. The Labute approximate surface area is 193 Å². The van der Waals surface area contributed by atoms with Gasteiger partial charge in [-0.1, -0.05) is 12.1 Å². The first kappa shape index (κ1) is 22.9. The molecular formula is C24H30FN5O3. The third-order valence-electron chi connectivity index (χ3n) is 5.86. The minimum absolute atomic E-state index is 0.216. The van der Waals surface area contributed by atoms with E-state index in [2.05, 4.69) is 20.2 Å². The molecular weight excluding hydrogens is 425 g/mol. The fourth-order valence-electron chi connectivity index (χ4n) is 4.25. The van der Waals surface area contributed by atoms with Gasteiger partial charge in [-0.15, -0.1) is 0 Å². The molecule has 0 spiro atoms. The van der Waals surface area contributed by atoms with Crippen molar-refractivity contribution in [3.63, 3.8) is 0 Å². The standard InChI is InChI=1S/C24H30FN5O3/c1-24(2,3)33-23(32)30-11-5-10-29(12-13-30)21-15-26-20(14-27-21)22(31)28-19-9-8-16-17(19)6-4-7-18(16)25/h4,6-7,14-15,19H,5,8-13H2,1-3H3,(H,28,31). The number of rotatable bonds is 3. The van der Waals surface area contributed by atoms with Crippen molar-refractivity contribution in [3.05, 3.63) is 53.2 Å². The average Bonchev–Trinajstić information content (AvgIpc) is 3.01. The van der Waals surface area contributed by atoms with Crippen LogP contribution in [0, 0.1) is 5.82 Å². The molecule has 2 aliphatic rings. The van der Waals surface area contributed by atoms with Crippen molar-refractivity contribution in [1.29, 1.82) is 0 Å². The van der Waals surface area contributed by atoms with E-state index in [4.69, 9.17) is 4.74 Å². The quantitative estimate of drug-likeness (QED) is 0.763. The van der Waals surface area contributed by atoms with Crippen LogP contribution < -0.4 is 10.2 Å². The number of halogens is 1. The maximum absolute atomic E-state index is 13.9. The van der Waals surface area contributed by atoms with Crippen LogP contribution in [0.3, 0.4) is 0 Å². The molecule has 2 aromatic rings. The fourth-order valence-corrected chi connectivity index (χ4v) is 4.25. The Morgan fingerprint density at radius 1 is 1.12 bits per heavy atom. The smallest absolute Gasteiger partial charge is 0.410 e. The molecule has 1 aliphatic carbocycles. The van der Waals surface area contributed by atoms with Gasteiger partial charge in [0, 0.05) is 26.2 Å². The number of anilines is 1. The summed E-state index contributed by atoms with van der Waals surface area (Å²) in [7, 11) is 0. The normalized spacial score (nSPS) is 18.5. The molecule has 1 unspecified atom stereocenters. The van der Waals surface area contributed by atoms with E-state index >= 15 is 0 Å². The number of fused-ring (bicyclic) bond motifs is 1. The third-order valence-corrected chi connectivity index (χ3v) is 5.86. The summed E-state index contributed by atoms with van der Waals surface area (Å²) < 4.78 is 19.4. The van der Waals surface area contributed by atoms with E-state index < -0.39 is 5.60 Å². The highest BCUT2D eigenvalue weighted by molar-refractivity contribution is 5.92. The summed E-state index contributed by atoms with van der Waals surface area (Å²) in [4.78, 5) is 37.6. The molecule has 0 saturated carbocycles. The van der Waals surface area contributed by atoms with E-state index in [-0.39, 0.29) is 29.6 Å². The van der Waals surface area contributed by atoms with Crippen molar-refractivity contribution in [2.45, 2.75) is 51.7 Å². The van der Waals surface area contributed by atoms with Crippen LogP contribution in [-0.2, 0) is 11.2 Å². The Bertz CT molecular complexity index is 1020. The molecule has 2 heterocycles. The van der Waals surface area contributed by atoms with Gasteiger partial charge < -0.3 is 19.9 Å². The monoisotopic (exact) mass is 455 g/mol. The molecule has 4 rings (SSSR count). The number of carbonyl (C=O) groups is 2. The molecule has 1 atom stereocenters. The van der Waals surface area contributed by atoms with Crippen molar-refractivity contribution in [2.75, 3.05) is 31.1 Å². The molecule has 1 saturated heterocycles. The number of amides is 2. The highest BCUT2D eigenvalue weighted by Gasteiger charge is 2.27. The van der Waals surface area contributed by atoms with E-state index in [1.165, 1.54) is 12.3 Å². The third kappa shape index (κ3) is 5.40. The molecule has 33 heavy (non-hydrogen) atoms. The van der Waals surface area contributed by atoms with Crippen LogP contribution in [0.4, 0.5) is 15.0 Å². The summed E-state index contributed by atoms with van der Waals surface area (Å²) in [5.74, 6) is 0.102. The van der Waals surface area contributed by atoms with Crippen LogP contribution in [-0.4, -0.2) is 58.6 Å². The summed E-state index contributed by atoms with van der Waals surface area (Å²) in [6.45, 7) is 8.03. The zero-order chi connectivity index (χ0) is 23.6. The van der Waals surface area contributed by atoms with Crippen molar-refractivity contribution < 1.29 is 18.7 Å². The Morgan fingerprint density at radius 2 is 1.94 bits per heavy atom. The minimum Gasteiger partial charge on any atom is -0.444 e. The predicted molar refractivity (Wildman–Crippen MR) is 122 cm³/mol. The van der Waals surface area contributed by atoms with Crippen LogP contribution in [0.15, 0.2) is 30.6 Å². The largest absolute Gasteiger partial charge is 0.444 e. The second-order valence-corrected chi connectivity index (χ2v) is 9.44. The zero-order valence-corrected chi connectivity index (χ0v) is 19.3. The SMILES string of the molecule is CC(C)(C)OC(=O)N1CCCN(c2cnc(C(=O)NC3CCc4c(F)cccc43)cn2)CC1. The Balaban J connectivity index is 1.35. The summed E-state index contributed by atoms with van der Waals surface area (Å²) in [6, 6.07) is 4.74. The van der Waals surface area contributed by atoms with E-state index in [1.54, 1.807) is 17.2 Å². The van der Waals surface area contributed by atoms with Crippen LogP contribution in [0.25, 0.3) is 0 Å². The lowest BCUT2D eigenvalue weighted by Gasteiger charge is -2.26. The van der Waals surface area contributed by atoms with Crippen molar-refractivity contribution in [2.24, 2.45) is 0 Å². The number of carbonyl (C=O) groups excluding carboxylic acids is 2. The van der Waals surface area contributed by atoms with Gasteiger partial charge in [0.25, 0.3) is 5.91 Å². The van der Waals surface area contributed by atoms with Crippen molar-refractivity contribution >= 4 is 17.8 Å². The molecule has 1 fully saturated rings. The summed E-state index contributed by atoms with van der Waals surface area (Å²) >= 11 is 0. The van der Waals surface area contributed by atoms with E-state index in [9.17, 15) is 14.0 Å². The van der Waals surface area contributed by atoms with Gasteiger partial charge in [0.1, 0.15) is 22.9 Å². The van der Waals surface area contributed by atoms with Crippen LogP contribution in [0.2, 0.25) is 0 Å². The minimum atomic E-state index is -0.528. The second-order valence-electron chi connectivity index (χ2n) is 9.44. The van der Waals surface area contributed by atoms with Gasteiger partial charge in [-0.05, 0) is 57.2 Å². The summed E-state index contributed by atoms with van der Waals surface area (Å²) in [5, 5.41) is 2.94. The zero-order valence-electron chi connectivity index (χ0n) is 19.3. The van der Waals surface area contributed by atoms with Gasteiger partial charge >= 0.3 is 6.09 Å². The molecule has 8 nitrogen and oxygen atoms in total. The Hall–Kier alpha value is -3.23. The molecule has 1 aliphatic heterocycles. The number of ether oxygens (including phenoxy) is 1. The van der Waals surface area contributed by atoms with E-state index in [0.29, 0.717) is 43.9 Å². The number of nitrogens with zero attached hydrogens (tertiary/aromatic N) is 4. The van der Waals surface area contributed by atoms with E-state index in [0.717, 1.165) is 18.5 Å². The van der Waals surface area contributed by atoms with Gasteiger partial charge in [0.2, 0.25) is 0 Å². The summed E-state index contributed by atoms with van der Waals surface area (Å²) in [6.07, 6.45) is 4.78. The molecule has 1 N–H and O–H groups in total. The van der Waals surface area contributed by atoms with Gasteiger partial charge in [-0.3, -0.25) is 4.79 Å². The number of aromatic nitrogens is 2. The Kier molecular flexibility index (Phi) is 6.49. The molecule has 1 aromatic heterocycles. The maximum Gasteiger partial charge on any atom is 0.410 e. The average molecular weight is 456 g/mol. The predicted octanol–water partition coefficient (Wildman–Crippen LogP) is 3.48. The molecule has 0 bridgehead atoms. The highest BCUT2D eigenvalue weighted by Crippen LogP contribution is 2.32. The molecule has 1 aromatic carbocycles. The topological polar surface area (TPSA) is 87.7 Å². The van der Waals surface area contributed by atoms with Gasteiger partial charge in [-0.25, -0.2) is 19.2 Å². The first-order valence-corrected chi connectivity index (χ1v) is 11.3. The summed E-state index contributed by atoms with van der Waals surface area (Å²) in [5.41, 5.74) is 1.19. The number of hydrogen-bond acceptors (Lipinski definition) is 6. The van der Waals surface area contributed by atoms with Gasteiger partial charge in [-0.2, -0.15) is 0 Å². The number of benzene rings is 1. The lowest BCUT2D eigenvalue weighted by Crippen LogP contribution is -2.39. The second kappa shape index (κ2) is 9.33. The molecule has 176 valence electrons. The fraction of sp³-hybridized carbons (Fsp3) is 0.500. The van der Waals surface area contributed by atoms with Crippen molar-refractivity contribution in [1.82, 2.24) is 20.2 Å². The van der Waals surface area contributed by atoms with Crippen LogP contribution >= 0.6 is 0 Å². The van der Waals surface area contributed by atoms with Crippen LogP contribution in [0.5, 0.6) is 0 Å². The van der Waals surface area contributed by atoms with Crippen LogP contribution in [0.1, 0.15) is 61.3 Å². The van der Waals surface area contributed by atoms with Crippen molar-refractivity contribution in [3.8, 4) is 0 Å². The Morgan fingerprint density at radius 3 is 2.67 bits per heavy atom. The molecule has 0 radical (unpaired) electrons. The first-order valence-electron chi connectivity index (χ1n) is 11.3. The maximum atomic E-state index is 13.9. The lowest BCUT2D eigenvalue weighted by atomic mass is 10.1. The first-order chi connectivity index (χ1) is 15.7. The lowest BCUT2D eigenvalue weighted by molar-refractivity contribution is 0.0263. The highest BCUT2D eigenvalue weighted by atomic mass is 19.1. The number of hydrogen-bond donors (Lipinski definition) is 1. The van der Waals surface area contributed by atoms with Gasteiger partial charge in [0.05, 0.1) is 18.4 Å².